The maximum Gasteiger partial charge on any atom is 0.238 e. The molecule has 0 bridgehead atoms. The summed E-state index contributed by atoms with van der Waals surface area (Å²) in [5.74, 6) is -0.471. The first-order chi connectivity index (χ1) is 9.56. The smallest absolute Gasteiger partial charge is 0.238 e. The van der Waals surface area contributed by atoms with E-state index < -0.39 is 0 Å². The lowest BCUT2D eigenvalue weighted by atomic mass is 10.2. The minimum atomic E-state index is -0.370. The van der Waals surface area contributed by atoms with Crippen LogP contribution < -0.4 is 10.6 Å². The molecule has 1 heterocycles. The normalized spacial score (nSPS) is 16.8. The highest BCUT2D eigenvalue weighted by molar-refractivity contribution is 9.10. The fourth-order valence-electron chi connectivity index (χ4n) is 2.23. The van der Waals surface area contributed by atoms with Crippen LogP contribution in [0.15, 0.2) is 16.6 Å². The molecular formula is C14H19BrFN3O. The average molecular weight is 344 g/mol. The number of rotatable bonds is 3. The summed E-state index contributed by atoms with van der Waals surface area (Å²) in [7, 11) is 0. The highest BCUT2D eigenvalue weighted by Crippen LogP contribution is 2.23. The predicted molar refractivity (Wildman–Crippen MR) is 81.4 cm³/mol. The van der Waals surface area contributed by atoms with Crippen LogP contribution in [0, 0.1) is 12.7 Å². The molecular weight excluding hydrogens is 325 g/mol. The number of carbonyl (C=O) groups is 1. The van der Waals surface area contributed by atoms with Crippen molar-refractivity contribution in [2.75, 3.05) is 38.0 Å². The number of halogens is 2. The van der Waals surface area contributed by atoms with Crippen LogP contribution in [-0.2, 0) is 4.79 Å². The molecule has 1 aliphatic heterocycles. The summed E-state index contributed by atoms with van der Waals surface area (Å²) in [5.41, 5.74) is 1.37. The summed E-state index contributed by atoms with van der Waals surface area (Å²) in [5, 5.41) is 6.08. The molecule has 1 saturated heterocycles. The van der Waals surface area contributed by atoms with E-state index in [0.717, 1.165) is 38.2 Å². The third-order valence-electron chi connectivity index (χ3n) is 3.34. The Bertz CT molecular complexity index is 488. The van der Waals surface area contributed by atoms with Gasteiger partial charge >= 0.3 is 0 Å². The number of anilines is 1. The Morgan fingerprint density at radius 3 is 3.05 bits per heavy atom. The molecule has 0 aromatic heterocycles. The van der Waals surface area contributed by atoms with Crippen molar-refractivity contribution >= 4 is 27.5 Å². The van der Waals surface area contributed by atoms with Gasteiger partial charge in [0.1, 0.15) is 5.82 Å². The number of nitrogens with one attached hydrogen (secondary N) is 2. The van der Waals surface area contributed by atoms with Crippen LogP contribution in [0.2, 0.25) is 0 Å². The zero-order valence-electron chi connectivity index (χ0n) is 11.5. The molecule has 2 rings (SSSR count). The van der Waals surface area contributed by atoms with Crippen molar-refractivity contribution < 1.29 is 9.18 Å². The SMILES string of the molecule is Cc1cc(Br)c(F)cc1NC(=O)CN1CCCNCC1. The summed E-state index contributed by atoms with van der Waals surface area (Å²) >= 11 is 3.13. The first kappa shape index (κ1) is 15.4. The molecule has 1 amide bonds. The summed E-state index contributed by atoms with van der Waals surface area (Å²) in [6.07, 6.45) is 1.04. The van der Waals surface area contributed by atoms with E-state index in [2.05, 4.69) is 31.5 Å². The van der Waals surface area contributed by atoms with Crippen LogP contribution in [0.4, 0.5) is 10.1 Å². The maximum absolute atomic E-state index is 13.5. The summed E-state index contributed by atoms with van der Waals surface area (Å²) in [4.78, 5) is 14.1. The second kappa shape index (κ2) is 7.15. The van der Waals surface area contributed by atoms with Gasteiger partial charge in [-0.05, 0) is 60.1 Å². The topological polar surface area (TPSA) is 44.4 Å². The van der Waals surface area contributed by atoms with Crippen molar-refractivity contribution in [3.63, 3.8) is 0 Å². The molecule has 0 radical (unpaired) electrons. The molecule has 110 valence electrons. The van der Waals surface area contributed by atoms with Crippen LogP contribution in [0.5, 0.6) is 0 Å². The first-order valence-electron chi connectivity index (χ1n) is 6.75. The molecule has 1 aromatic rings. The second-order valence-electron chi connectivity index (χ2n) is 5.01. The van der Waals surface area contributed by atoms with Gasteiger partial charge in [0.15, 0.2) is 0 Å². The van der Waals surface area contributed by atoms with Crippen LogP contribution in [0.1, 0.15) is 12.0 Å². The fraction of sp³-hybridized carbons (Fsp3) is 0.500. The molecule has 20 heavy (non-hydrogen) atoms. The Morgan fingerprint density at radius 2 is 2.25 bits per heavy atom. The largest absolute Gasteiger partial charge is 0.325 e. The molecule has 2 N–H and O–H groups in total. The van der Waals surface area contributed by atoms with Gasteiger partial charge < -0.3 is 10.6 Å². The van der Waals surface area contributed by atoms with Crippen molar-refractivity contribution in [1.29, 1.82) is 0 Å². The lowest BCUT2D eigenvalue weighted by Crippen LogP contribution is -2.35. The van der Waals surface area contributed by atoms with Crippen LogP contribution in [0.3, 0.4) is 0 Å². The molecule has 6 heteroatoms. The molecule has 0 saturated carbocycles. The molecule has 1 aromatic carbocycles. The minimum absolute atomic E-state index is 0.100. The standard InChI is InChI=1S/C14H19BrFN3O/c1-10-7-11(15)12(16)8-13(10)18-14(20)9-19-5-2-3-17-4-6-19/h7-8,17H,2-6,9H2,1H3,(H,18,20). The number of hydrogen-bond acceptors (Lipinski definition) is 3. The minimum Gasteiger partial charge on any atom is -0.325 e. The van der Waals surface area contributed by atoms with Gasteiger partial charge in [-0.2, -0.15) is 0 Å². The zero-order chi connectivity index (χ0) is 14.5. The molecule has 4 nitrogen and oxygen atoms in total. The Kier molecular flexibility index (Phi) is 5.51. The summed E-state index contributed by atoms with van der Waals surface area (Å²) < 4.78 is 13.9. The highest BCUT2D eigenvalue weighted by Gasteiger charge is 2.14. The van der Waals surface area contributed by atoms with E-state index in [1.807, 2.05) is 6.92 Å². The lowest BCUT2D eigenvalue weighted by Gasteiger charge is -2.19. The molecule has 0 aliphatic carbocycles. The number of amides is 1. The number of nitrogens with zero attached hydrogens (tertiary/aromatic N) is 1. The first-order valence-corrected chi connectivity index (χ1v) is 7.54. The number of hydrogen-bond donors (Lipinski definition) is 2. The van der Waals surface area contributed by atoms with E-state index in [4.69, 9.17) is 0 Å². The van der Waals surface area contributed by atoms with Gasteiger partial charge in [-0.25, -0.2) is 4.39 Å². The van der Waals surface area contributed by atoms with Gasteiger partial charge in [0.05, 0.1) is 11.0 Å². The van der Waals surface area contributed by atoms with Gasteiger partial charge in [0, 0.05) is 18.8 Å². The van der Waals surface area contributed by atoms with E-state index in [9.17, 15) is 9.18 Å². The van der Waals surface area contributed by atoms with Crippen molar-refractivity contribution in [3.05, 3.63) is 28.0 Å². The van der Waals surface area contributed by atoms with E-state index >= 15 is 0 Å². The monoisotopic (exact) mass is 343 g/mol. The number of carbonyl (C=O) groups excluding carboxylic acids is 1. The lowest BCUT2D eigenvalue weighted by molar-refractivity contribution is -0.117. The predicted octanol–water partition coefficient (Wildman–Crippen LogP) is 2.13. The highest BCUT2D eigenvalue weighted by atomic mass is 79.9. The maximum atomic E-state index is 13.5. The molecule has 0 atom stereocenters. The van der Waals surface area contributed by atoms with Crippen molar-refractivity contribution in [1.82, 2.24) is 10.2 Å². The number of benzene rings is 1. The van der Waals surface area contributed by atoms with Gasteiger partial charge in [0.2, 0.25) is 5.91 Å². The Hall–Kier alpha value is -0.980. The molecule has 1 fully saturated rings. The van der Waals surface area contributed by atoms with Crippen LogP contribution >= 0.6 is 15.9 Å². The van der Waals surface area contributed by atoms with Gasteiger partial charge in [-0.15, -0.1) is 0 Å². The van der Waals surface area contributed by atoms with Gasteiger partial charge in [-0.1, -0.05) is 0 Å². The second-order valence-corrected chi connectivity index (χ2v) is 5.86. The molecule has 0 unspecified atom stereocenters. The van der Waals surface area contributed by atoms with E-state index in [1.165, 1.54) is 6.07 Å². The average Bonchev–Trinajstić information content (AvgIpc) is 2.64. The Balaban J connectivity index is 1.95. The van der Waals surface area contributed by atoms with Crippen LogP contribution in [-0.4, -0.2) is 43.5 Å². The summed E-state index contributed by atoms with van der Waals surface area (Å²) in [6, 6.07) is 3.02. The quantitative estimate of drug-likeness (QED) is 0.883. The van der Waals surface area contributed by atoms with Gasteiger partial charge in [-0.3, -0.25) is 9.69 Å². The van der Waals surface area contributed by atoms with Crippen molar-refractivity contribution in [3.8, 4) is 0 Å². The van der Waals surface area contributed by atoms with Crippen molar-refractivity contribution in [2.24, 2.45) is 0 Å². The third kappa shape index (κ3) is 4.26. The fourth-order valence-corrected chi connectivity index (χ4v) is 2.69. The Labute approximate surface area is 126 Å². The van der Waals surface area contributed by atoms with E-state index in [0.29, 0.717) is 16.7 Å². The molecule has 0 spiro atoms. The number of aryl methyl sites for hydroxylation is 1. The van der Waals surface area contributed by atoms with Crippen LogP contribution in [0.25, 0.3) is 0 Å². The summed E-state index contributed by atoms with van der Waals surface area (Å²) in [6.45, 7) is 5.86. The van der Waals surface area contributed by atoms with E-state index in [1.54, 1.807) is 6.07 Å². The third-order valence-corrected chi connectivity index (χ3v) is 3.95. The molecule has 1 aliphatic rings. The van der Waals surface area contributed by atoms with E-state index in [-0.39, 0.29) is 11.7 Å². The zero-order valence-corrected chi connectivity index (χ0v) is 13.1. The Morgan fingerprint density at radius 1 is 1.45 bits per heavy atom. The van der Waals surface area contributed by atoms with Crippen molar-refractivity contribution in [2.45, 2.75) is 13.3 Å². The van der Waals surface area contributed by atoms with Gasteiger partial charge in [0.25, 0.3) is 0 Å².